The standard InChI is InChI=1S/C25H49N2/c1-4-7-10-12-14-16-19-22-27-24-23-26(25(27)20-17-9-6-3)21-18-15-13-11-8-5-2/h23-24H,4-22H2,1-3H3/q+1. The zero-order valence-corrected chi connectivity index (χ0v) is 19.0. The van der Waals surface area contributed by atoms with Crippen LogP contribution in [0.5, 0.6) is 0 Å². The van der Waals surface area contributed by atoms with Gasteiger partial charge in [0.2, 0.25) is 0 Å². The first-order valence-corrected chi connectivity index (χ1v) is 12.4. The van der Waals surface area contributed by atoms with Crippen molar-refractivity contribution in [3.8, 4) is 0 Å². The van der Waals surface area contributed by atoms with E-state index in [-0.39, 0.29) is 0 Å². The number of imidazole rings is 1. The van der Waals surface area contributed by atoms with E-state index in [0.29, 0.717) is 0 Å². The molecule has 0 aliphatic heterocycles. The molecule has 0 aliphatic carbocycles. The second-order valence-electron chi connectivity index (χ2n) is 8.45. The predicted octanol–water partition coefficient (Wildman–Crippen LogP) is 7.62. The van der Waals surface area contributed by atoms with E-state index in [0.717, 1.165) is 0 Å². The first-order valence-electron chi connectivity index (χ1n) is 12.4. The highest BCUT2D eigenvalue weighted by atomic mass is 15.1. The minimum atomic E-state index is 1.22. The third-order valence-corrected chi connectivity index (χ3v) is 5.85. The van der Waals surface area contributed by atoms with Gasteiger partial charge in [-0.1, -0.05) is 91.4 Å². The number of aromatic nitrogens is 2. The molecule has 0 N–H and O–H groups in total. The van der Waals surface area contributed by atoms with Crippen molar-refractivity contribution in [3.63, 3.8) is 0 Å². The average Bonchev–Trinajstić information content (AvgIpc) is 3.06. The SMILES string of the molecule is CCCCCCCCCn1cc[n+](CCCCCCCC)c1CCCCC. The molecular weight excluding hydrogens is 328 g/mol. The Bertz CT molecular complexity index is 436. The fourth-order valence-corrected chi connectivity index (χ4v) is 4.03. The molecule has 0 aromatic carbocycles. The molecule has 2 heteroatoms. The Morgan fingerprint density at radius 3 is 1.78 bits per heavy atom. The van der Waals surface area contributed by atoms with Crippen LogP contribution in [0.25, 0.3) is 0 Å². The molecule has 0 spiro atoms. The first kappa shape index (κ1) is 24.2. The monoisotopic (exact) mass is 377 g/mol. The summed E-state index contributed by atoms with van der Waals surface area (Å²) >= 11 is 0. The van der Waals surface area contributed by atoms with E-state index < -0.39 is 0 Å². The van der Waals surface area contributed by atoms with Crippen LogP contribution in [0.2, 0.25) is 0 Å². The summed E-state index contributed by atoms with van der Waals surface area (Å²) in [6.45, 7) is 9.34. The Labute approximate surface area is 170 Å². The summed E-state index contributed by atoms with van der Waals surface area (Å²) < 4.78 is 5.13. The number of aryl methyl sites for hydroxylation is 2. The number of unbranched alkanes of at least 4 members (excludes halogenated alkanes) is 13. The maximum absolute atomic E-state index is 2.57. The third-order valence-electron chi connectivity index (χ3n) is 5.85. The lowest BCUT2D eigenvalue weighted by molar-refractivity contribution is -0.704. The van der Waals surface area contributed by atoms with Crippen molar-refractivity contribution in [2.45, 2.75) is 143 Å². The topological polar surface area (TPSA) is 8.81 Å². The van der Waals surface area contributed by atoms with Gasteiger partial charge < -0.3 is 0 Å². The largest absolute Gasteiger partial charge is 0.256 e. The van der Waals surface area contributed by atoms with Crippen LogP contribution in [0.4, 0.5) is 0 Å². The molecule has 27 heavy (non-hydrogen) atoms. The molecule has 0 amide bonds. The summed E-state index contributed by atoms with van der Waals surface area (Å²) in [5.74, 6) is 1.59. The highest BCUT2D eigenvalue weighted by Gasteiger charge is 2.16. The zero-order valence-electron chi connectivity index (χ0n) is 19.0. The van der Waals surface area contributed by atoms with Crippen LogP contribution >= 0.6 is 0 Å². The molecule has 0 bridgehead atoms. The molecule has 1 heterocycles. The van der Waals surface area contributed by atoms with Crippen LogP contribution in [0.1, 0.15) is 129 Å². The van der Waals surface area contributed by atoms with Crippen molar-refractivity contribution in [1.29, 1.82) is 0 Å². The van der Waals surface area contributed by atoms with Crippen molar-refractivity contribution in [2.24, 2.45) is 0 Å². The lowest BCUT2D eigenvalue weighted by atomic mass is 10.1. The van der Waals surface area contributed by atoms with Crippen LogP contribution in [-0.4, -0.2) is 4.57 Å². The van der Waals surface area contributed by atoms with E-state index in [1.165, 1.54) is 122 Å². The second kappa shape index (κ2) is 17.3. The minimum Gasteiger partial charge on any atom is -0.234 e. The third kappa shape index (κ3) is 11.6. The van der Waals surface area contributed by atoms with Gasteiger partial charge in [0.15, 0.2) is 0 Å². The highest BCUT2D eigenvalue weighted by molar-refractivity contribution is 4.84. The van der Waals surface area contributed by atoms with Crippen LogP contribution in [0.15, 0.2) is 12.4 Å². The number of hydrogen-bond donors (Lipinski definition) is 0. The molecule has 1 aromatic rings. The van der Waals surface area contributed by atoms with E-state index in [9.17, 15) is 0 Å². The number of nitrogens with zero attached hydrogens (tertiary/aromatic N) is 2. The van der Waals surface area contributed by atoms with Crippen LogP contribution < -0.4 is 4.57 Å². The van der Waals surface area contributed by atoms with Crippen LogP contribution in [-0.2, 0) is 19.5 Å². The molecule has 158 valence electrons. The van der Waals surface area contributed by atoms with Gasteiger partial charge in [-0.3, -0.25) is 0 Å². The highest BCUT2D eigenvalue weighted by Crippen LogP contribution is 2.11. The summed E-state index contributed by atoms with van der Waals surface area (Å²) in [5.41, 5.74) is 0. The van der Waals surface area contributed by atoms with Gasteiger partial charge in [0, 0.05) is 6.42 Å². The Balaban J connectivity index is 2.39. The van der Waals surface area contributed by atoms with Gasteiger partial charge in [-0.15, -0.1) is 0 Å². The Morgan fingerprint density at radius 2 is 1.15 bits per heavy atom. The van der Waals surface area contributed by atoms with Gasteiger partial charge in [0.25, 0.3) is 5.82 Å². The smallest absolute Gasteiger partial charge is 0.234 e. The fraction of sp³-hybridized carbons (Fsp3) is 0.880. The van der Waals surface area contributed by atoms with Crippen molar-refractivity contribution >= 4 is 0 Å². The van der Waals surface area contributed by atoms with Crippen molar-refractivity contribution in [1.82, 2.24) is 4.57 Å². The van der Waals surface area contributed by atoms with E-state index in [1.807, 2.05) is 0 Å². The van der Waals surface area contributed by atoms with Gasteiger partial charge in [-0.25, -0.2) is 9.13 Å². The minimum absolute atomic E-state index is 1.22. The molecule has 0 atom stereocenters. The van der Waals surface area contributed by atoms with Crippen molar-refractivity contribution in [2.75, 3.05) is 0 Å². The summed E-state index contributed by atoms with van der Waals surface area (Å²) in [5, 5.41) is 0. The molecule has 0 saturated carbocycles. The zero-order chi connectivity index (χ0) is 19.6. The van der Waals surface area contributed by atoms with Crippen LogP contribution in [0, 0.1) is 0 Å². The van der Waals surface area contributed by atoms with Gasteiger partial charge >= 0.3 is 0 Å². The van der Waals surface area contributed by atoms with Crippen LogP contribution in [0.3, 0.4) is 0 Å². The van der Waals surface area contributed by atoms with E-state index in [2.05, 4.69) is 42.3 Å². The number of rotatable bonds is 19. The number of hydrogen-bond acceptors (Lipinski definition) is 0. The van der Waals surface area contributed by atoms with Crippen molar-refractivity contribution in [3.05, 3.63) is 18.2 Å². The molecule has 0 aliphatic rings. The van der Waals surface area contributed by atoms with E-state index in [4.69, 9.17) is 0 Å². The summed E-state index contributed by atoms with van der Waals surface area (Å²) in [6, 6.07) is 0. The molecule has 0 unspecified atom stereocenters. The lowest BCUT2D eigenvalue weighted by Crippen LogP contribution is -2.37. The lowest BCUT2D eigenvalue weighted by Gasteiger charge is -2.06. The van der Waals surface area contributed by atoms with E-state index >= 15 is 0 Å². The fourth-order valence-electron chi connectivity index (χ4n) is 4.03. The maximum Gasteiger partial charge on any atom is 0.256 e. The first-order chi connectivity index (χ1) is 13.3. The van der Waals surface area contributed by atoms with Gasteiger partial charge in [-0.2, -0.15) is 0 Å². The predicted molar refractivity (Wildman–Crippen MR) is 119 cm³/mol. The Morgan fingerprint density at radius 1 is 0.630 bits per heavy atom. The normalized spacial score (nSPS) is 11.4. The van der Waals surface area contributed by atoms with Gasteiger partial charge in [-0.05, 0) is 32.1 Å². The average molecular weight is 378 g/mol. The van der Waals surface area contributed by atoms with E-state index in [1.54, 1.807) is 5.82 Å². The van der Waals surface area contributed by atoms with Gasteiger partial charge in [0.05, 0.1) is 13.1 Å². The second-order valence-corrected chi connectivity index (χ2v) is 8.45. The molecule has 2 nitrogen and oxygen atoms in total. The van der Waals surface area contributed by atoms with Crippen molar-refractivity contribution < 1.29 is 4.57 Å². The molecule has 0 saturated heterocycles. The molecule has 0 fully saturated rings. The Kier molecular flexibility index (Phi) is 15.6. The maximum atomic E-state index is 2.57. The summed E-state index contributed by atoms with van der Waals surface area (Å²) in [7, 11) is 0. The summed E-state index contributed by atoms with van der Waals surface area (Å²) in [6.07, 6.45) is 28.1. The Hall–Kier alpha value is -0.790. The summed E-state index contributed by atoms with van der Waals surface area (Å²) in [4.78, 5) is 0. The van der Waals surface area contributed by atoms with Gasteiger partial charge in [0.1, 0.15) is 12.4 Å². The molecular formula is C25H49N2+. The molecule has 1 aromatic heterocycles. The molecule has 1 rings (SSSR count). The quantitative estimate of drug-likeness (QED) is 0.173. The molecule has 0 radical (unpaired) electrons.